The summed E-state index contributed by atoms with van der Waals surface area (Å²) in [7, 11) is -3.44. The summed E-state index contributed by atoms with van der Waals surface area (Å²) in [5, 5.41) is 9.52. The third-order valence-corrected chi connectivity index (χ3v) is 4.58. The molecule has 1 N–H and O–H groups in total. The lowest BCUT2D eigenvalue weighted by atomic mass is 10.2. The van der Waals surface area contributed by atoms with E-state index in [0.29, 0.717) is 18.8 Å². The molecule has 5 nitrogen and oxygen atoms in total. The molecule has 1 aromatic rings. The third kappa shape index (κ3) is 4.11. The normalized spacial score (nSPS) is 11.5. The van der Waals surface area contributed by atoms with Crippen molar-refractivity contribution in [3.8, 4) is 5.75 Å². The lowest BCUT2D eigenvalue weighted by molar-refractivity contribution is 0.163. The van der Waals surface area contributed by atoms with Gasteiger partial charge in [0, 0.05) is 19.2 Å². The van der Waals surface area contributed by atoms with Gasteiger partial charge in [0.05, 0.1) is 18.0 Å². The molecule has 0 aromatic heterocycles. The van der Waals surface area contributed by atoms with Gasteiger partial charge in [-0.15, -0.1) is 0 Å². The smallest absolute Gasteiger partial charge is 0.237 e. The molecule has 1 rings (SSSR count). The first-order valence-electron chi connectivity index (χ1n) is 6.30. The van der Waals surface area contributed by atoms with Gasteiger partial charge in [-0.1, -0.05) is 6.07 Å². The fourth-order valence-corrected chi connectivity index (χ4v) is 3.24. The number of phenols is 1. The Morgan fingerprint density at radius 1 is 1.32 bits per heavy atom. The van der Waals surface area contributed by atoms with E-state index >= 15 is 0 Å². The number of aryl methyl sites for hydroxylation is 1. The number of hydrogen-bond donors (Lipinski definition) is 1. The second-order valence-corrected chi connectivity index (χ2v) is 6.16. The maximum absolute atomic E-state index is 12.3. The van der Waals surface area contributed by atoms with E-state index < -0.39 is 10.0 Å². The van der Waals surface area contributed by atoms with Crippen LogP contribution < -0.4 is 4.31 Å². The van der Waals surface area contributed by atoms with Crippen LogP contribution in [0.3, 0.4) is 0 Å². The summed E-state index contributed by atoms with van der Waals surface area (Å²) in [6, 6.07) is 4.71. The number of phenolic OH excluding ortho intramolecular Hbond substituents is 1. The molecule has 0 radical (unpaired) electrons. The average molecular weight is 287 g/mol. The number of rotatable bonds is 7. The summed E-state index contributed by atoms with van der Waals surface area (Å²) in [5.74, 6) is -0.0110. The fraction of sp³-hybridized carbons (Fsp3) is 0.538. The molecule has 0 spiro atoms. The van der Waals surface area contributed by atoms with Crippen LogP contribution in [-0.4, -0.2) is 39.0 Å². The van der Waals surface area contributed by atoms with Crippen molar-refractivity contribution in [2.75, 3.05) is 29.8 Å². The fourth-order valence-electron chi connectivity index (χ4n) is 1.80. The highest BCUT2D eigenvalue weighted by molar-refractivity contribution is 7.92. The van der Waals surface area contributed by atoms with Crippen LogP contribution in [0.15, 0.2) is 18.2 Å². The first-order chi connectivity index (χ1) is 8.92. The van der Waals surface area contributed by atoms with Gasteiger partial charge in [-0.25, -0.2) is 8.42 Å². The highest BCUT2D eigenvalue weighted by atomic mass is 32.2. The molecule has 0 fully saturated rings. The maximum Gasteiger partial charge on any atom is 0.237 e. The van der Waals surface area contributed by atoms with E-state index in [0.717, 1.165) is 5.56 Å². The number of benzene rings is 1. The van der Waals surface area contributed by atoms with Crippen LogP contribution in [0.2, 0.25) is 0 Å². The Bertz CT molecular complexity index is 513. The molecule has 6 heteroatoms. The van der Waals surface area contributed by atoms with Crippen molar-refractivity contribution in [1.82, 2.24) is 0 Å². The number of ether oxygens (including phenoxy) is 1. The molecule has 0 atom stereocenters. The quantitative estimate of drug-likeness (QED) is 0.778. The van der Waals surface area contributed by atoms with Crippen molar-refractivity contribution in [1.29, 1.82) is 0 Å². The molecular formula is C13H21NO4S. The number of anilines is 1. The Morgan fingerprint density at radius 3 is 2.58 bits per heavy atom. The molecule has 0 bridgehead atoms. The van der Waals surface area contributed by atoms with E-state index in [-0.39, 0.29) is 18.1 Å². The van der Waals surface area contributed by atoms with E-state index in [9.17, 15) is 13.5 Å². The van der Waals surface area contributed by atoms with Crippen molar-refractivity contribution in [3.05, 3.63) is 23.8 Å². The first kappa shape index (κ1) is 15.8. The van der Waals surface area contributed by atoms with Crippen molar-refractivity contribution >= 4 is 15.7 Å². The minimum atomic E-state index is -3.44. The van der Waals surface area contributed by atoms with Crippen molar-refractivity contribution in [2.24, 2.45) is 0 Å². The predicted octanol–water partition coefficient (Wildman–Crippen LogP) is 1.89. The zero-order valence-electron chi connectivity index (χ0n) is 11.6. The van der Waals surface area contributed by atoms with Crippen LogP contribution in [0.5, 0.6) is 5.75 Å². The van der Waals surface area contributed by atoms with E-state index in [1.165, 1.54) is 10.4 Å². The number of sulfonamides is 1. The molecule has 0 aliphatic heterocycles. The number of hydrogen-bond acceptors (Lipinski definition) is 4. The topological polar surface area (TPSA) is 66.8 Å². The van der Waals surface area contributed by atoms with Gasteiger partial charge >= 0.3 is 0 Å². The van der Waals surface area contributed by atoms with Crippen LogP contribution >= 0.6 is 0 Å². The monoisotopic (exact) mass is 287 g/mol. The zero-order chi connectivity index (χ0) is 14.5. The van der Waals surface area contributed by atoms with Gasteiger partial charge in [-0.3, -0.25) is 4.31 Å². The molecule has 0 saturated carbocycles. The van der Waals surface area contributed by atoms with Gasteiger partial charge < -0.3 is 9.84 Å². The summed E-state index contributed by atoms with van der Waals surface area (Å²) in [6.45, 7) is 6.39. The van der Waals surface area contributed by atoms with E-state index in [4.69, 9.17) is 4.74 Å². The molecule has 0 saturated heterocycles. The second kappa shape index (κ2) is 6.77. The largest absolute Gasteiger partial charge is 0.508 e. The van der Waals surface area contributed by atoms with Crippen molar-refractivity contribution in [2.45, 2.75) is 20.8 Å². The molecule has 0 unspecified atom stereocenters. The van der Waals surface area contributed by atoms with Gasteiger partial charge in [0.2, 0.25) is 10.0 Å². The molecule has 0 aliphatic rings. The Kier molecular flexibility index (Phi) is 5.62. The van der Waals surface area contributed by atoms with E-state index in [1.807, 2.05) is 13.8 Å². The van der Waals surface area contributed by atoms with Gasteiger partial charge in [0.25, 0.3) is 0 Å². The van der Waals surface area contributed by atoms with Crippen LogP contribution in [0, 0.1) is 6.92 Å². The summed E-state index contributed by atoms with van der Waals surface area (Å²) in [6.07, 6.45) is 0. The Morgan fingerprint density at radius 2 is 2.00 bits per heavy atom. The van der Waals surface area contributed by atoms with Gasteiger partial charge in [-0.2, -0.15) is 0 Å². The Hall–Kier alpha value is -1.27. The van der Waals surface area contributed by atoms with Gasteiger partial charge in [-0.05, 0) is 32.4 Å². The van der Waals surface area contributed by atoms with Crippen LogP contribution in [-0.2, 0) is 14.8 Å². The molecule has 19 heavy (non-hydrogen) atoms. The molecule has 0 amide bonds. The van der Waals surface area contributed by atoms with Crippen LogP contribution in [0.25, 0.3) is 0 Å². The van der Waals surface area contributed by atoms with Crippen molar-refractivity contribution < 1.29 is 18.3 Å². The predicted molar refractivity (Wildman–Crippen MR) is 76.1 cm³/mol. The average Bonchev–Trinajstić information content (AvgIpc) is 2.34. The highest BCUT2D eigenvalue weighted by Crippen LogP contribution is 2.27. The minimum Gasteiger partial charge on any atom is -0.508 e. The number of aromatic hydroxyl groups is 1. The third-order valence-electron chi connectivity index (χ3n) is 2.77. The van der Waals surface area contributed by atoms with Gasteiger partial charge in [0.15, 0.2) is 0 Å². The Labute approximate surface area is 114 Å². The summed E-state index contributed by atoms with van der Waals surface area (Å²) in [4.78, 5) is 0. The summed E-state index contributed by atoms with van der Waals surface area (Å²) in [5.41, 5.74) is 1.32. The summed E-state index contributed by atoms with van der Waals surface area (Å²) < 4.78 is 30.9. The maximum atomic E-state index is 12.3. The first-order valence-corrected chi connectivity index (χ1v) is 7.91. The highest BCUT2D eigenvalue weighted by Gasteiger charge is 2.22. The van der Waals surface area contributed by atoms with Crippen LogP contribution in [0.4, 0.5) is 5.69 Å². The van der Waals surface area contributed by atoms with E-state index in [1.54, 1.807) is 19.1 Å². The number of nitrogens with zero attached hydrogens (tertiary/aromatic N) is 1. The molecule has 108 valence electrons. The standard InChI is InChI=1S/C13H21NO4S/c1-4-14(19(16,17)9-8-18-5-2)13-10-12(15)7-6-11(13)3/h6-7,10,15H,4-5,8-9H2,1-3H3. The van der Waals surface area contributed by atoms with Gasteiger partial charge in [0.1, 0.15) is 5.75 Å². The molecular weight excluding hydrogens is 266 g/mol. The lowest BCUT2D eigenvalue weighted by Gasteiger charge is -2.24. The minimum absolute atomic E-state index is 0.0547. The molecule has 1 aromatic carbocycles. The SMILES string of the molecule is CCOCCS(=O)(=O)N(CC)c1cc(O)ccc1C. The lowest BCUT2D eigenvalue weighted by Crippen LogP contribution is -2.34. The van der Waals surface area contributed by atoms with Crippen LogP contribution in [0.1, 0.15) is 19.4 Å². The second-order valence-electron chi connectivity index (χ2n) is 4.15. The van der Waals surface area contributed by atoms with Crippen molar-refractivity contribution in [3.63, 3.8) is 0 Å². The van der Waals surface area contributed by atoms with E-state index in [2.05, 4.69) is 0 Å². The molecule has 0 aliphatic carbocycles. The summed E-state index contributed by atoms with van der Waals surface area (Å²) >= 11 is 0. The Balaban J connectivity index is 3.02. The molecule has 0 heterocycles. The zero-order valence-corrected chi connectivity index (χ0v) is 12.4.